The summed E-state index contributed by atoms with van der Waals surface area (Å²) in [5.74, 6) is 0.523. The highest BCUT2D eigenvalue weighted by Crippen LogP contribution is 2.32. The Morgan fingerprint density at radius 1 is 1.12 bits per heavy atom. The average molecular weight is 353 g/mol. The summed E-state index contributed by atoms with van der Waals surface area (Å²) in [5, 5.41) is 11.7. The molecule has 1 aromatic rings. The average Bonchev–Trinajstić information content (AvgIpc) is 2.86. The molecule has 7 heteroatoms. The maximum Gasteiger partial charge on any atom is 0.318 e. The van der Waals surface area contributed by atoms with Crippen LogP contribution in [0.2, 0.25) is 0 Å². The van der Waals surface area contributed by atoms with Crippen LogP contribution in [-0.4, -0.2) is 31.1 Å². The molecule has 0 aromatic heterocycles. The van der Waals surface area contributed by atoms with Gasteiger partial charge in [0.2, 0.25) is 5.91 Å². The highest BCUT2D eigenvalue weighted by atomic mass is 35.5. The molecule has 2 heterocycles. The summed E-state index contributed by atoms with van der Waals surface area (Å²) in [6.45, 7) is 0. The van der Waals surface area contributed by atoms with Crippen LogP contribution in [0, 0.1) is 5.92 Å². The predicted molar refractivity (Wildman–Crippen MR) is 97.7 cm³/mol. The van der Waals surface area contributed by atoms with Crippen molar-refractivity contribution in [2.24, 2.45) is 5.92 Å². The summed E-state index contributed by atoms with van der Waals surface area (Å²) in [5.41, 5.74) is 1.36. The molecule has 132 valence electrons. The summed E-state index contributed by atoms with van der Waals surface area (Å²) in [4.78, 5) is 23.6. The third kappa shape index (κ3) is 4.85. The van der Waals surface area contributed by atoms with E-state index in [0.717, 1.165) is 12.8 Å². The number of nitrogens with one attached hydrogen (secondary N) is 4. The lowest BCUT2D eigenvalue weighted by atomic mass is 9.89. The van der Waals surface area contributed by atoms with Gasteiger partial charge < -0.3 is 21.3 Å². The number of hydrogen-bond donors (Lipinski definition) is 4. The van der Waals surface area contributed by atoms with Gasteiger partial charge in [0.15, 0.2) is 0 Å². The molecule has 2 bridgehead atoms. The van der Waals surface area contributed by atoms with Crippen molar-refractivity contribution in [1.82, 2.24) is 10.6 Å². The first-order valence-corrected chi connectivity index (χ1v) is 8.27. The molecule has 0 radical (unpaired) electrons. The number of benzene rings is 1. The fourth-order valence-electron chi connectivity index (χ4n) is 3.68. The fraction of sp³-hybridized carbons (Fsp3) is 0.529. The molecule has 3 rings (SSSR count). The van der Waals surface area contributed by atoms with Gasteiger partial charge >= 0.3 is 6.03 Å². The topological polar surface area (TPSA) is 82.3 Å². The summed E-state index contributed by atoms with van der Waals surface area (Å²) >= 11 is 0. The molecule has 2 aliphatic rings. The Kier molecular flexibility index (Phi) is 6.45. The smallest absolute Gasteiger partial charge is 0.318 e. The second-order valence-corrected chi connectivity index (χ2v) is 6.51. The number of rotatable bonds is 4. The van der Waals surface area contributed by atoms with Crippen LogP contribution in [0.15, 0.2) is 24.3 Å². The van der Waals surface area contributed by atoms with E-state index < -0.39 is 0 Å². The third-order valence-corrected chi connectivity index (χ3v) is 4.68. The Morgan fingerprint density at radius 3 is 2.38 bits per heavy atom. The molecule has 3 amide bonds. The SMILES string of the molecule is CNC(=O)Nc1cccc(NC(=O)CC2CC3CCC(C2)N3)c1.Cl. The molecule has 24 heavy (non-hydrogen) atoms. The normalized spacial score (nSPS) is 24.6. The quantitative estimate of drug-likeness (QED) is 0.672. The number of amides is 3. The van der Waals surface area contributed by atoms with Gasteiger partial charge in [-0.05, 0) is 49.8 Å². The standard InChI is InChI=1S/C17H24N4O2.ClH/c1-18-17(23)21-13-4-2-3-12(10-13)20-16(22)9-11-7-14-5-6-15(8-11)19-14;/h2-4,10-11,14-15,19H,5-9H2,1H3,(H,20,22)(H2,18,21,23);1H. The molecular weight excluding hydrogens is 328 g/mol. The van der Waals surface area contributed by atoms with Gasteiger partial charge in [-0.1, -0.05) is 6.07 Å². The number of carbonyl (C=O) groups excluding carboxylic acids is 2. The molecule has 2 atom stereocenters. The molecule has 0 spiro atoms. The van der Waals surface area contributed by atoms with Crippen molar-refractivity contribution in [3.05, 3.63) is 24.3 Å². The molecule has 1 aromatic carbocycles. The molecule has 2 aliphatic heterocycles. The summed E-state index contributed by atoms with van der Waals surface area (Å²) in [6, 6.07) is 8.12. The monoisotopic (exact) mass is 352 g/mol. The second kappa shape index (κ2) is 8.35. The van der Waals surface area contributed by atoms with Gasteiger partial charge in [0, 0.05) is 36.9 Å². The van der Waals surface area contributed by atoms with Crippen LogP contribution in [0.3, 0.4) is 0 Å². The summed E-state index contributed by atoms with van der Waals surface area (Å²) < 4.78 is 0. The highest BCUT2D eigenvalue weighted by molar-refractivity contribution is 5.93. The Balaban J connectivity index is 0.00000208. The zero-order valence-corrected chi connectivity index (χ0v) is 14.6. The molecule has 2 unspecified atom stereocenters. The van der Waals surface area contributed by atoms with Crippen LogP contribution in [-0.2, 0) is 4.79 Å². The zero-order valence-electron chi connectivity index (χ0n) is 13.8. The van der Waals surface area contributed by atoms with Crippen molar-refractivity contribution in [3.8, 4) is 0 Å². The number of hydrogen-bond acceptors (Lipinski definition) is 3. The predicted octanol–water partition coefficient (Wildman–Crippen LogP) is 2.72. The van der Waals surface area contributed by atoms with E-state index in [2.05, 4.69) is 21.3 Å². The first-order chi connectivity index (χ1) is 11.1. The first kappa shape index (κ1) is 18.5. The van der Waals surface area contributed by atoms with Crippen LogP contribution in [0.4, 0.5) is 16.2 Å². The minimum atomic E-state index is -0.279. The number of urea groups is 1. The maximum atomic E-state index is 12.3. The molecule has 2 fully saturated rings. The van der Waals surface area contributed by atoms with E-state index in [-0.39, 0.29) is 24.3 Å². The van der Waals surface area contributed by atoms with Crippen LogP contribution in [0.5, 0.6) is 0 Å². The van der Waals surface area contributed by atoms with E-state index in [0.29, 0.717) is 35.8 Å². The van der Waals surface area contributed by atoms with E-state index >= 15 is 0 Å². The van der Waals surface area contributed by atoms with Gasteiger partial charge in [0.1, 0.15) is 0 Å². The Labute approximate surface area is 148 Å². The maximum absolute atomic E-state index is 12.3. The Hall–Kier alpha value is -1.79. The minimum absolute atomic E-state index is 0. The van der Waals surface area contributed by atoms with Crippen molar-refractivity contribution in [2.45, 2.75) is 44.2 Å². The van der Waals surface area contributed by atoms with Crippen molar-refractivity contribution in [1.29, 1.82) is 0 Å². The van der Waals surface area contributed by atoms with Crippen molar-refractivity contribution < 1.29 is 9.59 Å². The lowest BCUT2D eigenvalue weighted by Gasteiger charge is -2.28. The van der Waals surface area contributed by atoms with Gasteiger partial charge in [-0.15, -0.1) is 12.4 Å². The lowest BCUT2D eigenvalue weighted by Crippen LogP contribution is -2.39. The summed E-state index contributed by atoms with van der Waals surface area (Å²) in [7, 11) is 1.56. The molecule has 4 N–H and O–H groups in total. The molecular formula is C17H25ClN4O2. The van der Waals surface area contributed by atoms with Crippen LogP contribution in [0.1, 0.15) is 32.1 Å². The number of carbonyl (C=O) groups is 2. The lowest BCUT2D eigenvalue weighted by molar-refractivity contribution is -0.117. The van der Waals surface area contributed by atoms with E-state index in [1.807, 2.05) is 12.1 Å². The van der Waals surface area contributed by atoms with Gasteiger partial charge in [-0.3, -0.25) is 4.79 Å². The van der Waals surface area contributed by atoms with Crippen LogP contribution >= 0.6 is 12.4 Å². The van der Waals surface area contributed by atoms with Crippen LogP contribution < -0.4 is 21.3 Å². The van der Waals surface area contributed by atoms with Crippen molar-refractivity contribution in [3.63, 3.8) is 0 Å². The molecule has 0 saturated carbocycles. The number of fused-ring (bicyclic) bond motifs is 2. The van der Waals surface area contributed by atoms with Gasteiger partial charge in [-0.25, -0.2) is 4.79 Å². The van der Waals surface area contributed by atoms with Crippen LogP contribution in [0.25, 0.3) is 0 Å². The number of piperidine rings is 1. The minimum Gasteiger partial charge on any atom is -0.341 e. The third-order valence-electron chi connectivity index (χ3n) is 4.68. The summed E-state index contributed by atoms with van der Waals surface area (Å²) in [6.07, 6.45) is 5.26. The van der Waals surface area contributed by atoms with E-state index in [1.54, 1.807) is 19.2 Å². The Morgan fingerprint density at radius 2 is 1.75 bits per heavy atom. The largest absolute Gasteiger partial charge is 0.341 e. The van der Waals surface area contributed by atoms with Crippen molar-refractivity contribution in [2.75, 3.05) is 17.7 Å². The van der Waals surface area contributed by atoms with Gasteiger partial charge in [0.25, 0.3) is 0 Å². The van der Waals surface area contributed by atoms with E-state index in [4.69, 9.17) is 0 Å². The van der Waals surface area contributed by atoms with Crippen molar-refractivity contribution >= 4 is 35.7 Å². The second-order valence-electron chi connectivity index (χ2n) is 6.51. The molecule has 6 nitrogen and oxygen atoms in total. The van der Waals surface area contributed by atoms with E-state index in [1.165, 1.54) is 12.8 Å². The highest BCUT2D eigenvalue weighted by Gasteiger charge is 2.34. The van der Waals surface area contributed by atoms with Gasteiger partial charge in [0.05, 0.1) is 0 Å². The zero-order chi connectivity index (χ0) is 16.2. The van der Waals surface area contributed by atoms with E-state index in [9.17, 15) is 9.59 Å². The number of halogens is 1. The van der Waals surface area contributed by atoms with Gasteiger partial charge in [-0.2, -0.15) is 0 Å². The molecule has 2 saturated heterocycles. The Bertz CT molecular complexity index is 584. The number of anilines is 2. The first-order valence-electron chi connectivity index (χ1n) is 8.27. The fourth-order valence-corrected chi connectivity index (χ4v) is 3.68. The molecule has 0 aliphatic carbocycles.